The van der Waals surface area contributed by atoms with Gasteiger partial charge >= 0.3 is 12.1 Å². The molecule has 0 radical (unpaired) electrons. The fourth-order valence-corrected chi connectivity index (χ4v) is 2.42. The number of carbonyl (C=O) groups excluding carboxylic acids is 2. The lowest BCUT2D eigenvalue weighted by atomic mass is 10.1. The van der Waals surface area contributed by atoms with Gasteiger partial charge in [0, 0.05) is 20.6 Å². The fourth-order valence-electron chi connectivity index (χ4n) is 2.42. The number of rotatable bonds is 7. The molecule has 10 heteroatoms. The van der Waals surface area contributed by atoms with Gasteiger partial charge in [-0.25, -0.2) is 0 Å². The molecule has 0 N–H and O–H groups in total. The molecular weight excluding hydrogens is 389 g/mol. The summed E-state index contributed by atoms with van der Waals surface area (Å²) in [5.74, 6) is -0.678. The van der Waals surface area contributed by atoms with Crippen LogP contribution >= 0.6 is 0 Å². The molecule has 156 valence electrons. The Kier molecular flexibility index (Phi) is 7.13. The van der Waals surface area contributed by atoms with Crippen LogP contribution in [0.25, 0.3) is 0 Å². The second-order valence-corrected chi connectivity index (χ2v) is 6.33. The average molecular weight is 410 g/mol. The van der Waals surface area contributed by atoms with E-state index in [1.807, 2.05) is 0 Å². The molecule has 0 spiro atoms. The largest absolute Gasteiger partial charge is 0.465 e. The molecule has 1 aromatic heterocycles. The maximum absolute atomic E-state index is 12.8. The first-order valence-electron chi connectivity index (χ1n) is 8.74. The van der Waals surface area contributed by atoms with E-state index in [9.17, 15) is 22.8 Å². The normalized spacial score (nSPS) is 11.1. The second kappa shape index (κ2) is 9.35. The second-order valence-electron chi connectivity index (χ2n) is 6.33. The predicted molar refractivity (Wildman–Crippen MR) is 99.2 cm³/mol. The number of anilines is 1. The van der Waals surface area contributed by atoms with Crippen LogP contribution in [0.2, 0.25) is 0 Å². The standard InChI is InChI=1S/C19H21F3N4O3/c1-4-29-17(27)12-26(11-13-5-7-14(8-6-13)19(20,21)22)18(28)15-9-10-16(24-23-15)25(2)3/h5-10H,4,11-12H2,1-3H3. The zero-order valence-corrected chi connectivity index (χ0v) is 16.2. The number of esters is 1. The van der Waals surface area contributed by atoms with Crippen molar-refractivity contribution in [2.24, 2.45) is 0 Å². The van der Waals surface area contributed by atoms with Gasteiger partial charge in [0.25, 0.3) is 5.91 Å². The molecule has 0 bridgehead atoms. The van der Waals surface area contributed by atoms with Crippen molar-refractivity contribution in [1.82, 2.24) is 15.1 Å². The van der Waals surface area contributed by atoms with Gasteiger partial charge in [-0.2, -0.15) is 13.2 Å². The molecule has 0 atom stereocenters. The Morgan fingerprint density at radius 2 is 1.69 bits per heavy atom. The lowest BCUT2D eigenvalue weighted by molar-refractivity contribution is -0.144. The summed E-state index contributed by atoms with van der Waals surface area (Å²) < 4.78 is 43.1. The first kappa shape index (κ1) is 22.1. The quantitative estimate of drug-likeness (QED) is 0.654. The number of hydrogen-bond acceptors (Lipinski definition) is 6. The highest BCUT2D eigenvalue weighted by molar-refractivity contribution is 5.94. The molecule has 1 aromatic carbocycles. The van der Waals surface area contributed by atoms with Crippen molar-refractivity contribution in [2.75, 3.05) is 32.1 Å². The van der Waals surface area contributed by atoms with Gasteiger partial charge in [0.2, 0.25) is 0 Å². The molecule has 0 aliphatic heterocycles. The van der Waals surface area contributed by atoms with E-state index in [1.54, 1.807) is 32.0 Å². The summed E-state index contributed by atoms with van der Waals surface area (Å²) in [5, 5.41) is 7.81. The predicted octanol–water partition coefficient (Wildman–Crippen LogP) is 2.77. The summed E-state index contributed by atoms with van der Waals surface area (Å²) in [6.07, 6.45) is -4.46. The molecule has 1 heterocycles. The molecule has 0 aliphatic rings. The highest BCUT2D eigenvalue weighted by Gasteiger charge is 2.30. The number of benzene rings is 1. The zero-order valence-electron chi connectivity index (χ0n) is 16.2. The van der Waals surface area contributed by atoms with Gasteiger partial charge in [-0.15, -0.1) is 10.2 Å². The van der Waals surface area contributed by atoms with E-state index in [0.29, 0.717) is 11.4 Å². The van der Waals surface area contributed by atoms with Crippen LogP contribution in [-0.2, 0) is 22.3 Å². The molecule has 0 fully saturated rings. The Balaban J connectivity index is 2.24. The monoisotopic (exact) mass is 410 g/mol. The third kappa shape index (κ3) is 6.16. The van der Waals surface area contributed by atoms with Crippen LogP contribution in [0.4, 0.5) is 19.0 Å². The summed E-state index contributed by atoms with van der Waals surface area (Å²) in [4.78, 5) is 27.6. The molecule has 2 aromatic rings. The Hall–Kier alpha value is -3.17. The van der Waals surface area contributed by atoms with Crippen LogP contribution in [0.1, 0.15) is 28.5 Å². The minimum Gasteiger partial charge on any atom is -0.465 e. The summed E-state index contributed by atoms with van der Waals surface area (Å²) in [6, 6.07) is 7.43. The summed E-state index contributed by atoms with van der Waals surface area (Å²) in [6.45, 7) is 1.31. The number of halogens is 3. The minimum atomic E-state index is -4.46. The van der Waals surface area contributed by atoms with Gasteiger partial charge in [-0.1, -0.05) is 12.1 Å². The van der Waals surface area contributed by atoms with E-state index in [1.165, 1.54) is 18.2 Å². The van der Waals surface area contributed by atoms with E-state index in [2.05, 4.69) is 10.2 Å². The van der Waals surface area contributed by atoms with E-state index in [-0.39, 0.29) is 25.4 Å². The Bertz CT molecular complexity index is 837. The van der Waals surface area contributed by atoms with Crippen molar-refractivity contribution in [1.29, 1.82) is 0 Å². The highest BCUT2D eigenvalue weighted by Crippen LogP contribution is 2.29. The summed E-state index contributed by atoms with van der Waals surface area (Å²) in [7, 11) is 3.53. The Morgan fingerprint density at radius 3 is 2.17 bits per heavy atom. The van der Waals surface area contributed by atoms with Crippen molar-refractivity contribution in [3.8, 4) is 0 Å². The van der Waals surface area contributed by atoms with E-state index < -0.39 is 23.6 Å². The van der Waals surface area contributed by atoms with Crippen LogP contribution in [0, 0.1) is 0 Å². The molecule has 1 amide bonds. The van der Waals surface area contributed by atoms with Gasteiger partial charge in [-0.05, 0) is 36.8 Å². The number of amides is 1. The molecule has 0 unspecified atom stereocenters. The van der Waals surface area contributed by atoms with E-state index >= 15 is 0 Å². The lowest BCUT2D eigenvalue weighted by Gasteiger charge is -2.22. The molecule has 0 saturated heterocycles. The molecular formula is C19H21F3N4O3. The van der Waals surface area contributed by atoms with Gasteiger partial charge in [0.05, 0.1) is 12.2 Å². The molecule has 7 nitrogen and oxygen atoms in total. The average Bonchev–Trinajstić information content (AvgIpc) is 2.67. The third-order valence-corrected chi connectivity index (χ3v) is 3.89. The summed E-state index contributed by atoms with van der Waals surface area (Å²) in [5.41, 5.74) is -0.366. The van der Waals surface area contributed by atoms with E-state index in [0.717, 1.165) is 17.0 Å². The van der Waals surface area contributed by atoms with Crippen LogP contribution < -0.4 is 4.90 Å². The molecule has 0 saturated carbocycles. The minimum absolute atomic E-state index is 0.00631. The first-order chi connectivity index (χ1) is 13.6. The number of carbonyl (C=O) groups is 2. The van der Waals surface area contributed by atoms with Crippen molar-refractivity contribution in [3.63, 3.8) is 0 Å². The molecule has 29 heavy (non-hydrogen) atoms. The third-order valence-electron chi connectivity index (χ3n) is 3.89. The van der Waals surface area contributed by atoms with Gasteiger partial charge < -0.3 is 14.5 Å². The smallest absolute Gasteiger partial charge is 0.416 e. The van der Waals surface area contributed by atoms with Crippen molar-refractivity contribution >= 4 is 17.7 Å². The maximum Gasteiger partial charge on any atom is 0.416 e. The fraction of sp³-hybridized carbons (Fsp3) is 0.368. The van der Waals surface area contributed by atoms with Crippen molar-refractivity contribution in [2.45, 2.75) is 19.6 Å². The topological polar surface area (TPSA) is 75.6 Å². The lowest BCUT2D eigenvalue weighted by Crippen LogP contribution is -2.36. The van der Waals surface area contributed by atoms with Crippen LogP contribution in [-0.4, -0.2) is 54.2 Å². The molecule has 2 rings (SSSR count). The van der Waals surface area contributed by atoms with Gasteiger partial charge in [0.1, 0.15) is 6.54 Å². The van der Waals surface area contributed by atoms with Crippen molar-refractivity contribution < 1.29 is 27.5 Å². The van der Waals surface area contributed by atoms with Gasteiger partial charge in [0.15, 0.2) is 11.5 Å². The number of nitrogens with zero attached hydrogens (tertiary/aromatic N) is 4. The maximum atomic E-state index is 12.8. The van der Waals surface area contributed by atoms with Crippen LogP contribution in [0.3, 0.4) is 0 Å². The number of alkyl halides is 3. The zero-order chi connectivity index (χ0) is 21.6. The number of hydrogen-bond donors (Lipinski definition) is 0. The van der Waals surface area contributed by atoms with Crippen LogP contribution in [0.15, 0.2) is 36.4 Å². The number of ether oxygens (including phenoxy) is 1. The summed E-state index contributed by atoms with van der Waals surface area (Å²) >= 11 is 0. The van der Waals surface area contributed by atoms with Gasteiger partial charge in [-0.3, -0.25) is 9.59 Å². The first-order valence-corrected chi connectivity index (χ1v) is 8.74. The van der Waals surface area contributed by atoms with Crippen LogP contribution in [0.5, 0.6) is 0 Å². The Morgan fingerprint density at radius 1 is 1.03 bits per heavy atom. The number of aromatic nitrogens is 2. The Labute approximate surface area is 166 Å². The molecule has 0 aliphatic carbocycles. The van der Waals surface area contributed by atoms with Crippen molar-refractivity contribution in [3.05, 3.63) is 53.2 Å². The highest BCUT2D eigenvalue weighted by atomic mass is 19.4. The van der Waals surface area contributed by atoms with E-state index in [4.69, 9.17) is 4.74 Å². The SMILES string of the molecule is CCOC(=O)CN(Cc1ccc(C(F)(F)F)cc1)C(=O)c1ccc(N(C)C)nn1.